The third-order valence-corrected chi connectivity index (χ3v) is 2.96. The zero-order valence-electron chi connectivity index (χ0n) is 14.4. The highest BCUT2D eigenvalue weighted by molar-refractivity contribution is 6.02. The molecule has 1 aromatic rings. The van der Waals surface area contributed by atoms with Crippen molar-refractivity contribution in [3.8, 4) is 5.75 Å². The van der Waals surface area contributed by atoms with Crippen LogP contribution in [0.4, 0.5) is 0 Å². The number of Topliss-reactive ketones (excluding diaryl/α,β-unsaturated/α-hetero) is 1. The van der Waals surface area contributed by atoms with Crippen molar-refractivity contribution in [1.82, 2.24) is 5.32 Å². The van der Waals surface area contributed by atoms with Gasteiger partial charge in [0, 0.05) is 5.56 Å². The average molecular weight is 351 g/mol. The van der Waals surface area contributed by atoms with Crippen LogP contribution in [0.15, 0.2) is 24.3 Å². The SMILES string of the molecule is CCOC(=O)C(NC(=O)COc1cccc(C(C)=O)c1)C(=O)OCC. The zero-order chi connectivity index (χ0) is 18.8. The minimum Gasteiger partial charge on any atom is -0.484 e. The topological polar surface area (TPSA) is 108 Å². The molecular formula is C17H21NO7. The van der Waals surface area contributed by atoms with Gasteiger partial charge in [0.25, 0.3) is 5.91 Å². The molecule has 8 heteroatoms. The number of hydrogen-bond donors (Lipinski definition) is 1. The van der Waals surface area contributed by atoms with E-state index in [4.69, 9.17) is 14.2 Å². The van der Waals surface area contributed by atoms with Crippen LogP contribution in [0.25, 0.3) is 0 Å². The molecule has 0 radical (unpaired) electrons. The summed E-state index contributed by atoms with van der Waals surface area (Å²) in [5.74, 6) is -2.36. The molecule has 0 spiro atoms. The second-order valence-corrected chi connectivity index (χ2v) is 4.88. The molecule has 1 rings (SSSR count). The number of hydrogen-bond acceptors (Lipinski definition) is 7. The summed E-state index contributed by atoms with van der Waals surface area (Å²) in [6.07, 6.45) is 0. The van der Waals surface area contributed by atoms with Crippen LogP contribution in [0.2, 0.25) is 0 Å². The van der Waals surface area contributed by atoms with Gasteiger partial charge in [-0.25, -0.2) is 9.59 Å². The molecular weight excluding hydrogens is 330 g/mol. The van der Waals surface area contributed by atoms with Crippen molar-refractivity contribution in [1.29, 1.82) is 0 Å². The Morgan fingerprint density at radius 1 is 1.04 bits per heavy atom. The third kappa shape index (κ3) is 6.62. The lowest BCUT2D eigenvalue weighted by Gasteiger charge is -2.16. The minimum absolute atomic E-state index is 0.0545. The molecule has 0 atom stereocenters. The normalized spacial score (nSPS) is 10.1. The Morgan fingerprint density at radius 2 is 1.64 bits per heavy atom. The second-order valence-electron chi connectivity index (χ2n) is 4.88. The van der Waals surface area contributed by atoms with Crippen molar-refractivity contribution >= 4 is 23.6 Å². The highest BCUT2D eigenvalue weighted by Gasteiger charge is 2.31. The van der Waals surface area contributed by atoms with Gasteiger partial charge in [0.1, 0.15) is 5.75 Å². The second kappa shape index (κ2) is 10.1. The molecule has 1 amide bonds. The number of rotatable bonds is 9. The molecule has 136 valence electrons. The van der Waals surface area contributed by atoms with Crippen LogP contribution in [0, 0.1) is 0 Å². The first-order chi connectivity index (χ1) is 11.9. The number of ether oxygens (including phenoxy) is 3. The van der Waals surface area contributed by atoms with Crippen LogP contribution in [-0.4, -0.2) is 49.5 Å². The van der Waals surface area contributed by atoms with Crippen molar-refractivity contribution in [2.45, 2.75) is 26.8 Å². The van der Waals surface area contributed by atoms with E-state index in [0.29, 0.717) is 11.3 Å². The molecule has 0 aliphatic carbocycles. The van der Waals surface area contributed by atoms with Crippen LogP contribution in [0.5, 0.6) is 5.75 Å². The predicted octanol–water partition coefficient (Wildman–Crippen LogP) is 0.879. The Bertz CT molecular complexity index is 624. The van der Waals surface area contributed by atoms with E-state index in [-0.39, 0.29) is 19.0 Å². The molecule has 0 fully saturated rings. The van der Waals surface area contributed by atoms with Crippen molar-refractivity contribution in [3.05, 3.63) is 29.8 Å². The maximum absolute atomic E-state index is 11.9. The van der Waals surface area contributed by atoms with Gasteiger partial charge in [-0.1, -0.05) is 12.1 Å². The van der Waals surface area contributed by atoms with E-state index in [1.54, 1.807) is 32.0 Å². The van der Waals surface area contributed by atoms with Gasteiger partial charge in [0.15, 0.2) is 12.4 Å². The van der Waals surface area contributed by atoms with E-state index in [1.807, 2.05) is 0 Å². The predicted molar refractivity (Wildman–Crippen MR) is 87.1 cm³/mol. The summed E-state index contributed by atoms with van der Waals surface area (Å²) < 4.78 is 14.8. The quantitative estimate of drug-likeness (QED) is 0.400. The summed E-state index contributed by atoms with van der Waals surface area (Å²) >= 11 is 0. The van der Waals surface area contributed by atoms with E-state index in [1.165, 1.54) is 13.0 Å². The number of carbonyl (C=O) groups is 4. The molecule has 0 bridgehead atoms. The van der Waals surface area contributed by atoms with Gasteiger partial charge in [-0.05, 0) is 32.9 Å². The molecule has 0 aliphatic rings. The summed E-state index contributed by atoms with van der Waals surface area (Å²) in [6.45, 7) is 4.23. The van der Waals surface area contributed by atoms with Crippen LogP contribution >= 0.6 is 0 Å². The lowest BCUT2D eigenvalue weighted by molar-refractivity contribution is -0.159. The third-order valence-electron chi connectivity index (χ3n) is 2.96. The monoisotopic (exact) mass is 351 g/mol. The summed E-state index contributed by atoms with van der Waals surface area (Å²) in [5, 5.41) is 2.21. The van der Waals surface area contributed by atoms with Crippen LogP contribution in [-0.2, 0) is 23.9 Å². The summed E-state index contributed by atoms with van der Waals surface area (Å²) in [7, 11) is 0. The van der Waals surface area contributed by atoms with Gasteiger partial charge in [-0.15, -0.1) is 0 Å². The van der Waals surface area contributed by atoms with Gasteiger partial charge in [0.05, 0.1) is 13.2 Å². The molecule has 8 nitrogen and oxygen atoms in total. The average Bonchev–Trinajstić information content (AvgIpc) is 2.58. The number of ketones is 1. The van der Waals surface area contributed by atoms with Crippen LogP contribution in [0.1, 0.15) is 31.1 Å². The molecule has 0 aromatic heterocycles. The molecule has 0 saturated heterocycles. The van der Waals surface area contributed by atoms with E-state index < -0.39 is 30.5 Å². The number of benzene rings is 1. The Balaban J connectivity index is 2.68. The standard InChI is InChI=1S/C17H21NO7/c1-4-23-16(21)15(17(22)24-5-2)18-14(20)10-25-13-8-6-7-12(9-13)11(3)19/h6-9,15H,4-5,10H2,1-3H3,(H,18,20). The maximum Gasteiger partial charge on any atom is 0.340 e. The van der Waals surface area contributed by atoms with Gasteiger partial charge < -0.3 is 19.5 Å². The molecule has 0 unspecified atom stereocenters. The number of esters is 2. The first-order valence-electron chi connectivity index (χ1n) is 7.75. The van der Waals surface area contributed by atoms with Gasteiger partial charge in [-0.2, -0.15) is 0 Å². The summed E-state index contributed by atoms with van der Waals surface area (Å²) in [4.78, 5) is 46.8. The van der Waals surface area contributed by atoms with Crippen molar-refractivity contribution in [2.75, 3.05) is 19.8 Å². The molecule has 1 aromatic carbocycles. The van der Waals surface area contributed by atoms with Crippen LogP contribution < -0.4 is 10.1 Å². The number of nitrogens with one attached hydrogen (secondary N) is 1. The number of carbonyl (C=O) groups excluding carboxylic acids is 4. The van der Waals surface area contributed by atoms with E-state index in [0.717, 1.165) is 0 Å². The first kappa shape index (κ1) is 20.1. The first-order valence-corrected chi connectivity index (χ1v) is 7.75. The Labute approximate surface area is 145 Å². The van der Waals surface area contributed by atoms with E-state index in [9.17, 15) is 19.2 Å². The molecule has 0 aliphatic heterocycles. The van der Waals surface area contributed by atoms with Crippen molar-refractivity contribution in [2.24, 2.45) is 0 Å². The maximum atomic E-state index is 11.9. The summed E-state index contributed by atoms with van der Waals surface area (Å²) in [5.41, 5.74) is 0.439. The van der Waals surface area contributed by atoms with Crippen molar-refractivity contribution < 1.29 is 33.4 Å². The fourth-order valence-corrected chi connectivity index (χ4v) is 1.82. The fraction of sp³-hybridized carbons (Fsp3) is 0.412. The summed E-state index contributed by atoms with van der Waals surface area (Å²) in [6, 6.07) is 4.74. The van der Waals surface area contributed by atoms with Crippen LogP contribution in [0.3, 0.4) is 0 Å². The Morgan fingerprint density at radius 3 is 2.16 bits per heavy atom. The Kier molecular flexibility index (Phi) is 8.11. The van der Waals surface area contributed by atoms with E-state index >= 15 is 0 Å². The highest BCUT2D eigenvalue weighted by Crippen LogP contribution is 2.13. The van der Waals surface area contributed by atoms with Gasteiger partial charge >= 0.3 is 11.9 Å². The number of amides is 1. The molecule has 25 heavy (non-hydrogen) atoms. The minimum atomic E-state index is -1.56. The largest absolute Gasteiger partial charge is 0.484 e. The molecule has 0 saturated carbocycles. The Hall–Kier alpha value is -2.90. The smallest absolute Gasteiger partial charge is 0.340 e. The molecule has 0 heterocycles. The van der Waals surface area contributed by atoms with Gasteiger partial charge in [0.2, 0.25) is 6.04 Å². The zero-order valence-corrected chi connectivity index (χ0v) is 14.4. The van der Waals surface area contributed by atoms with Crippen molar-refractivity contribution in [3.63, 3.8) is 0 Å². The lowest BCUT2D eigenvalue weighted by atomic mass is 10.1. The molecule has 1 N–H and O–H groups in total. The highest BCUT2D eigenvalue weighted by atomic mass is 16.6. The van der Waals surface area contributed by atoms with E-state index in [2.05, 4.69) is 5.32 Å². The lowest BCUT2D eigenvalue weighted by Crippen LogP contribution is -2.49. The van der Waals surface area contributed by atoms with Gasteiger partial charge in [-0.3, -0.25) is 9.59 Å². The fourth-order valence-electron chi connectivity index (χ4n) is 1.82.